The van der Waals surface area contributed by atoms with E-state index in [2.05, 4.69) is 5.10 Å². The van der Waals surface area contributed by atoms with Crippen LogP contribution >= 0.6 is 46.4 Å². The fraction of sp³-hybridized carbons (Fsp3) is 0.222. The minimum Gasteiger partial charge on any atom is -0.267 e. The summed E-state index contributed by atoms with van der Waals surface area (Å²) in [6, 6.07) is 9.87. The molecule has 0 aromatic heterocycles. The maximum absolute atomic E-state index is 12.9. The van der Waals surface area contributed by atoms with E-state index < -0.39 is 5.54 Å². The van der Waals surface area contributed by atoms with Gasteiger partial charge in [-0.05, 0) is 45.0 Å². The van der Waals surface area contributed by atoms with E-state index in [4.69, 9.17) is 46.4 Å². The van der Waals surface area contributed by atoms with Crippen LogP contribution in [0.3, 0.4) is 0 Å². The van der Waals surface area contributed by atoms with Gasteiger partial charge in [0, 0.05) is 21.2 Å². The van der Waals surface area contributed by atoms with Crippen molar-refractivity contribution in [2.75, 3.05) is 0 Å². The molecular formula is C18H16Cl4N2O. The molecule has 0 heterocycles. The number of benzene rings is 2. The number of nitrogens with zero attached hydrogens (tertiary/aromatic N) is 2. The Morgan fingerprint density at radius 2 is 1.64 bits per heavy atom. The van der Waals surface area contributed by atoms with Crippen LogP contribution in [0.2, 0.25) is 20.1 Å². The Labute approximate surface area is 167 Å². The highest BCUT2D eigenvalue weighted by Crippen LogP contribution is 2.26. The van der Waals surface area contributed by atoms with Crippen molar-refractivity contribution in [1.29, 1.82) is 0 Å². The molecule has 0 aliphatic heterocycles. The topological polar surface area (TPSA) is 32.7 Å². The number of rotatable bonds is 3. The van der Waals surface area contributed by atoms with Gasteiger partial charge in [0.25, 0.3) is 5.91 Å². The van der Waals surface area contributed by atoms with Gasteiger partial charge in [-0.2, -0.15) is 5.10 Å². The van der Waals surface area contributed by atoms with Gasteiger partial charge in [-0.25, -0.2) is 5.01 Å². The molecule has 0 fully saturated rings. The van der Waals surface area contributed by atoms with Crippen LogP contribution in [0, 0.1) is 0 Å². The summed E-state index contributed by atoms with van der Waals surface area (Å²) in [5.41, 5.74) is 0.384. The first-order valence-electron chi connectivity index (χ1n) is 7.38. The average Bonchev–Trinajstić information content (AvgIpc) is 2.49. The molecule has 25 heavy (non-hydrogen) atoms. The predicted octanol–water partition coefficient (Wildman–Crippen LogP) is 6.58. The Hall–Kier alpha value is -1.26. The molecule has 7 heteroatoms. The SMILES string of the molecule is CC(C)(C)N(/N=C/c1cccc(Cl)c1Cl)C(=O)c1cc(Cl)cc(Cl)c1. The second-order valence-electron chi connectivity index (χ2n) is 6.33. The lowest BCUT2D eigenvalue weighted by atomic mass is 10.1. The molecule has 0 saturated heterocycles. The standard InChI is InChI=1S/C18H16Cl4N2O/c1-18(2,3)24(17(25)12-7-13(19)9-14(20)8-12)23-10-11-5-4-6-15(21)16(11)22/h4-10H,1-3H3/b23-10+. The highest BCUT2D eigenvalue weighted by molar-refractivity contribution is 6.43. The quantitative estimate of drug-likeness (QED) is 0.410. The van der Waals surface area contributed by atoms with E-state index in [1.807, 2.05) is 20.8 Å². The summed E-state index contributed by atoms with van der Waals surface area (Å²) in [6.07, 6.45) is 1.50. The number of carbonyl (C=O) groups is 1. The first-order valence-corrected chi connectivity index (χ1v) is 8.89. The van der Waals surface area contributed by atoms with Crippen molar-refractivity contribution >= 4 is 58.5 Å². The van der Waals surface area contributed by atoms with Crippen molar-refractivity contribution in [2.45, 2.75) is 26.3 Å². The van der Waals surface area contributed by atoms with Gasteiger partial charge >= 0.3 is 0 Å². The van der Waals surface area contributed by atoms with E-state index in [1.54, 1.807) is 36.4 Å². The maximum Gasteiger partial charge on any atom is 0.274 e. The van der Waals surface area contributed by atoms with Crippen LogP contribution in [-0.4, -0.2) is 22.7 Å². The normalized spacial score (nSPS) is 11.8. The molecular weight excluding hydrogens is 402 g/mol. The summed E-state index contributed by atoms with van der Waals surface area (Å²) in [6.45, 7) is 5.61. The van der Waals surface area contributed by atoms with Gasteiger partial charge < -0.3 is 0 Å². The van der Waals surface area contributed by atoms with Gasteiger partial charge in [-0.1, -0.05) is 58.5 Å². The lowest BCUT2D eigenvalue weighted by molar-refractivity contribution is 0.0593. The molecule has 0 saturated carbocycles. The second kappa shape index (κ2) is 7.96. The highest BCUT2D eigenvalue weighted by atomic mass is 35.5. The molecule has 0 spiro atoms. The predicted molar refractivity (Wildman–Crippen MR) is 106 cm³/mol. The summed E-state index contributed by atoms with van der Waals surface area (Å²) in [5.74, 6) is -0.327. The molecule has 3 nitrogen and oxygen atoms in total. The Morgan fingerprint density at radius 1 is 1.04 bits per heavy atom. The van der Waals surface area contributed by atoms with Crippen molar-refractivity contribution in [2.24, 2.45) is 5.10 Å². The van der Waals surface area contributed by atoms with Crippen LogP contribution in [0.5, 0.6) is 0 Å². The Morgan fingerprint density at radius 3 is 2.20 bits per heavy atom. The molecule has 0 radical (unpaired) electrons. The number of amides is 1. The second-order valence-corrected chi connectivity index (χ2v) is 7.99. The van der Waals surface area contributed by atoms with Crippen molar-refractivity contribution in [3.05, 3.63) is 67.6 Å². The smallest absolute Gasteiger partial charge is 0.267 e. The van der Waals surface area contributed by atoms with E-state index in [9.17, 15) is 4.79 Å². The fourth-order valence-electron chi connectivity index (χ4n) is 2.07. The van der Waals surface area contributed by atoms with Crippen LogP contribution in [0.15, 0.2) is 41.5 Å². The minimum atomic E-state index is -0.576. The van der Waals surface area contributed by atoms with Crippen LogP contribution in [-0.2, 0) is 0 Å². The van der Waals surface area contributed by atoms with Gasteiger partial charge in [-0.3, -0.25) is 4.79 Å². The molecule has 1 amide bonds. The lowest BCUT2D eigenvalue weighted by Gasteiger charge is -2.31. The third-order valence-corrected chi connectivity index (χ3v) is 4.50. The Kier molecular flexibility index (Phi) is 6.39. The van der Waals surface area contributed by atoms with Gasteiger partial charge in [0.1, 0.15) is 0 Å². The third-order valence-electron chi connectivity index (χ3n) is 3.23. The van der Waals surface area contributed by atoms with Crippen LogP contribution < -0.4 is 0 Å². The fourth-order valence-corrected chi connectivity index (χ4v) is 2.95. The largest absolute Gasteiger partial charge is 0.274 e. The van der Waals surface area contributed by atoms with Gasteiger partial charge in [-0.15, -0.1) is 0 Å². The van der Waals surface area contributed by atoms with E-state index in [-0.39, 0.29) is 5.91 Å². The molecule has 0 aliphatic rings. The average molecular weight is 418 g/mol. The van der Waals surface area contributed by atoms with Crippen molar-refractivity contribution < 1.29 is 4.79 Å². The van der Waals surface area contributed by atoms with Crippen LogP contribution in [0.1, 0.15) is 36.7 Å². The molecule has 2 aromatic rings. The number of halogens is 4. The van der Waals surface area contributed by atoms with E-state index in [1.165, 1.54) is 11.2 Å². The zero-order valence-corrected chi connectivity index (χ0v) is 16.9. The molecule has 0 N–H and O–H groups in total. The van der Waals surface area contributed by atoms with Crippen LogP contribution in [0.25, 0.3) is 0 Å². The van der Waals surface area contributed by atoms with E-state index in [0.717, 1.165) is 0 Å². The maximum atomic E-state index is 12.9. The lowest BCUT2D eigenvalue weighted by Crippen LogP contribution is -2.42. The molecule has 132 valence electrons. The van der Waals surface area contributed by atoms with Gasteiger partial charge in [0.2, 0.25) is 0 Å². The summed E-state index contributed by atoms with van der Waals surface area (Å²) in [4.78, 5) is 12.9. The highest BCUT2D eigenvalue weighted by Gasteiger charge is 2.27. The Balaban J connectivity index is 2.41. The molecule has 0 bridgehead atoms. The molecule has 0 aliphatic carbocycles. The zero-order chi connectivity index (χ0) is 18.8. The van der Waals surface area contributed by atoms with Gasteiger partial charge in [0.15, 0.2) is 0 Å². The first-order chi connectivity index (χ1) is 11.6. The minimum absolute atomic E-state index is 0.327. The van der Waals surface area contributed by atoms with Crippen molar-refractivity contribution in [3.8, 4) is 0 Å². The zero-order valence-electron chi connectivity index (χ0n) is 13.9. The van der Waals surface area contributed by atoms with Crippen molar-refractivity contribution in [1.82, 2.24) is 5.01 Å². The summed E-state index contributed by atoms with van der Waals surface area (Å²) in [5, 5.41) is 7.24. The number of hydrazone groups is 1. The summed E-state index contributed by atoms with van der Waals surface area (Å²) < 4.78 is 0. The first kappa shape index (κ1) is 20.1. The number of hydrogen-bond donors (Lipinski definition) is 0. The van der Waals surface area contributed by atoms with Crippen molar-refractivity contribution in [3.63, 3.8) is 0 Å². The van der Waals surface area contributed by atoms with E-state index >= 15 is 0 Å². The number of hydrogen-bond acceptors (Lipinski definition) is 2. The molecule has 0 atom stereocenters. The third kappa shape index (κ3) is 5.11. The monoisotopic (exact) mass is 416 g/mol. The molecule has 0 unspecified atom stereocenters. The van der Waals surface area contributed by atoms with E-state index in [0.29, 0.717) is 31.2 Å². The summed E-state index contributed by atoms with van der Waals surface area (Å²) >= 11 is 24.2. The molecule has 2 rings (SSSR count). The Bertz CT molecular complexity index is 808. The summed E-state index contributed by atoms with van der Waals surface area (Å²) in [7, 11) is 0. The van der Waals surface area contributed by atoms with Gasteiger partial charge in [0.05, 0.1) is 21.8 Å². The molecule has 2 aromatic carbocycles. The number of carbonyl (C=O) groups excluding carboxylic acids is 1. The van der Waals surface area contributed by atoms with Crippen LogP contribution in [0.4, 0.5) is 0 Å².